The molecule has 2 nitrogen and oxygen atoms in total. The lowest BCUT2D eigenvalue weighted by atomic mass is 10.0. The highest BCUT2D eigenvalue weighted by atomic mass is 79.9. The zero-order valence-electron chi connectivity index (χ0n) is 8.62. The third-order valence-corrected chi connectivity index (χ3v) is 4.52. The second-order valence-corrected chi connectivity index (χ2v) is 5.74. The first-order valence-corrected chi connectivity index (χ1v) is 6.42. The summed E-state index contributed by atoms with van der Waals surface area (Å²) >= 11 is 3.46. The van der Waals surface area contributed by atoms with Gasteiger partial charge in [0, 0.05) is 22.4 Å². The number of halogens is 1. The third-order valence-electron chi connectivity index (χ3n) is 4.09. The van der Waals surface area contributed by atoms with Crippen LogP contribution in [0.5, 0.6) is 0 Å². The Kier molecular flexibility index (Phi) is 2.15. The van der Waals surface area contributed by atoms with Crippen LogP contribution in [0.4, 0.5) is 0 Å². The fraction of sp³-hybridized carbons (Fsp3) is 0.583. The molecule has 2 N–H and O–H groups in total. The minimum atomic E-state index is -0.0622. The van der Waals surface area contributed by atoms with Crippen molar-refractivity contribution >= 4 is 15.9 Å². The van der Waals surface area contributed by atoms with Gasteiger partial charge in [-0.1, -0.05) is 12.8 Å². The fourth-order valence-corrected chi connectivity index (χ4v) is 3.61. The van der Waals surface area contributed by atoms with Crippen molar-refractivity contribution in [2.75, 3.05) is 0 Å². The van der Waals surface area contributed by atoms with E-state index in [9.17, 15) is 0 Å². The SMILES string of the molecule is NC1(c2cncc(Br)c2)C2CCCCC21. The maximum Gasteiger partial charge on any atom is 0.0489 e. The molecule has 1 heterocycles. The minimum Gasteiger partial charge on any atom is -0.321 e. The molecule has 0 bridgehead atoms. The molecule has 1 aromatic rings. The van der Waals surface area contributed by atoms with Gasteiger partial charge in [-0.25, -0.2) is 0 Å². The average Bonchev–Trinajstić information content (AvgIpc) is 2.87. The van der Waals surface area contributed by atoms with Gasteiger partial charge in [0.05, 0.1) is 0 Å². The van der Waals surface area contributed by atoms with Gasteiger partial charge in [0.15, 0.2) is 0 Å². The molecule has 3 heteroatoms. The molecule has 0 saturated heterocycles. The molecule has 80 valence electrons. The molecule has 0 aliphatic heterocycles. The van der Waals surface area contributed by atoms with Crippen LogP contribution in [0.1, 0.15) is 31.2 Å². The predicted molar refractivity (Wildman–Crippen MR) is 63.3 cm³/mol. The topological polar surface area (TPSA) is 38.9 Å². The van der Waals surface area contributed by atoms with Crippen molar-refractivity contribution in [3.8, 4) is 0 Å². The molecule has 2 saturated carbocycles. The number of hydrogen-bond donors (Lipinski definition) is 1. The van der Waals surface area contributed by atoms with Crippen LogP contribution in [0.3, 0.4) is 0 Å². The highest BCUT2D eigenvalue weighted by Gasteiger charge is 2.62. The van der Waals surface area contributed by atoms with Gasteiger partial charge in [-0.3, -0.25) is 4.98 Å². The summed E-state index contributed by atoms with van der Waals surface area (Å²) < 4.78 is 1.04. The summed E-state index contributed by atoms with van der Waals surface area (Å²) in [6.07, 6.45) is 9.05. The number of nitrogens with zero attached hydrogens (tertiary/aromatic N) is 1. The average molecular weight is 267 g/mol. The lowest BCUT2D eigenvalue weighted by Gasteiger charge is -2.11. The van der Waals surface area contributed by atoms with Gasteiger partial charge in [0.1, 0.15) is 0 Å². The number of aromatic nitrogens is 1. The van der Waals surface area contributed by atoms with Crippen molar-refractivity contribution < 1.29 is 0 Å². The maximum absolute atomic E-state index is 6.53. The van der Waals surface area contributed by atoms with Crippen molar-refractivity contribution in [2.24, 2.45) is 17.6 Å². The predicted octanol–water partition coefficient (Wildman–Crippen LogP) is 2.82. The smallest absolute Gasteiger partial charge is 0.0489 e. The number of fused-ring (bicyclic) bond motifs is 1. The van der Waals surface area contributed by atoms with E-state index in [0.717, 1.165) is 4.47 Å². The second kappa shape index (κ2) is 3.29. The second-order valence-electron chi connectivity index (χ2n) is 4.82. The summed E-state index contributed by atoms with van der Waals surface area (Å²) in [5.74, 6) is 1.42. The molecule has 2 fully saturated rings. The molecule has 0 amide bonds. The normalized spacial score (nSPS) is 38.5. The van der Waals surface area contributed by atoms with Crippen LogP contribution in [-0.4, -0.2) is 4.98 Å². The molecule has 2 atom stereocenters. The van der Waals surface area contributed by atoms with Crippen molar-refractivity contribution in [3.63, 3.8) is 0 Å². The zero-order valence-corrected chi connectivity index (χ0v) is 10.2. The first-order valence-electron chi connectivity index (χ1n) is 5.63. The van der Waals surface area contributed by atoms with Gasteiger partial charge in [-0.2, -0.15) is 0 Å². The van der Waals surface area contributed by atoms with Crippen molar-refractivity contribution in [2.45, 2.75) is 31.2 Å². The molecule has 15 heavy (non-hydrogen) atoms. The van der Waals surface area contributed by atoms with Crippen LogP contribution in [-0.2, 0) is 5.54 Å². The Balaban J connectivity index is 1.94. The Morgan fingerprint density at radius 1 is 1.27 bits per heavy atom. The number of nitrogens with two attached hydrogens (primary N) is 1. The summed E-state index contributed by atoms with van der Waals surface area (Å²) in [4.78, 5) is 4.22. The van der Waals surface area contributed by atoms with Gasteiger partial charge in [0.25, 0.3) is 0 Å². The molecule has 2 aliphatic rings. The van der Waals surface area contributed by atoms with E-state index in [2.05, 4.69) is 27.0 Å². The van der Waals surface area contributed by atoms with E-state index in [1.807, 2.05) is 12.4 Å². The van der Waals surface area contributed by atoms with Gasteiger partial charge < -0.3 is 5.73 Å². The first kappa shape index (κ1) is 9.79. The van der Waals surface area contributed by atoms with Gasteiger partial charge in [-0.05, 0) is 52.2 Å². The van der Waals surface area contributed by atoms with Crippen LogP contribution >= 0.6 is 15.9 Å². The summed E-state index contributed by atoms with van der Waals surface area (Å²) in [6, 6.07) is 2.13. The summed E-state index contributed by atoms with van der Waals surface area (Å²) in [7, 11) is 0. The number of rotatable bonds is 1. The third kappa shape index (κ3) is 1.36. The summed E-state index contributed by atoms with van der Waals surface area (Å²) in [5, 5.41) is 0. The van der Waals surface area contributed by atoms with E-state index in [1.165, 1.54) is 31.2 Å². The monoisotopic (exact) mass is 266 g/mol. The molecular weight excluding hydrogens is 252 g/mol. The standard InChI is InChI=1S/C12H15BrN2/c13-9-5-8(6-15-7-9)12(14)10-3-1-2-4-11(10)12/h5-7,10-11H,1-4,14H2. The highest BCUT2D eigenvalue weighted by Crippen LogP contribution is 2.62. The number of hydrogen-bond acceptors (Lipinski definition) is 2. The van der Waals surface area contributed by atoms with E-state index in [-0.39, 0.29) is 5.54 Å². The molecule has 0 radical (unpaired) electrons. The Labute approximate surface area is 98.4 Å². The van der Waals surface area contributed by atoms with Crippen LogP contribution in [0.25, 0.3) is 0 Å². The van der Waals surface area contributed by atoms with Crippen LogP contribution < -0.4 is 5.73 Å². The molecule has 2 unspecified atom stereocenters. The quantitative estimate of drug-likeness (QED) is 0.849. The molecular formula is C12H15BrN2. The Bertz CT molecular complexity index is 379. The fourth-order valence-electron chi connectivity index (χ4n) is 3.25. The van der Waals surface area contributed by atoms with Crippen LogP contribution in [0, 0.1) is 11.8 Å². The zero-order chi connectivity index (χ0) is 10.5. The molecule has 0 aromatic carbocycles. The highest BCUT2D eigenvalue weighted by molar-refractivity contribution is 9.10. The van der Waals surface area contributed by atoms with Crippen LogP contribution in [0.15, 0.2) is 22.9 Å². The van der Waals surface area contributed by atoms with Crippen molar-refractivity contribution in [3.05, 3.63) is 28.5 Å². The Hall–Kier alpha value is -0.410. The first-order chi connectivity index (χ1) is 7.23. The van der Waals surface area contributed by atoms with E-state index in [4.69, 9.17) is 5.73 Å². The lowest BCUT2D eigenvalue weighted by Crippen LogP contribution is -2.24. The summed E-state index contributed by atoms with van der Waals surface area (Å²) in [6.45, 7) is 0. The van der Waals surface area contributed by atoms with E-state index < -0.39 is 0 Å². The van der Waals surface area contributed by atoms with Crippen LogP contribution in [0.2, 0.25) is 0 Å². The van der Waals surface area contributed by atoms with Gasteiger partial charge >= 0.3 is 0 Å². The molecule has 2 aliphatic carbocycles. The Morgan fingerprint density at radius 2 is 1.93 bits per heavy atom. The van der Waals surface area contributed by atoms with Crippen molar-refractivity contribution in [1.29, 1.82) is 0 Å². The van der Waals surface area contributed by atoms with Gasteiger partial charge in [-0.15, -0.1) is 0 Å². The molecule has 0 spiro atoms. The van der Waals surface area contributed by atoms with Gasteiger partial charge in [0.2, 0.25) is 0 Å². The minimum absolute atomic E-state index is 0.0622. The largest absolute Gasteiger partial charge is 0.321 e. The molecule has 3 rings (SSSR count). The maximum atomic E-state index is 6.53. The number of pyridine rings is 1. The summed E-state index contributed by atoms with van der Waals surface area (Å²) in [5.41, 5.74) is 7.68. The Morgan fingerprint density at radius 3 is 2.53 bits per heavy atom. The van der Waals surface area contributed by atoms with E-state index >= 15 is 0 Å². The lowest BCUT2D eigenvalue weighted by molar-refractivity contribution is 0.480. The van der Waals surface area contributed by atoms with E-state index in [1.54, 1.807) is 0 Å². The van der Waals surface area contributed by atoms with Crippen molar-refractivity contribution in [1.82, 2.24) is 4.98 Å². The van der Waals surface area contributed by atoms with E-state index in [0.29, 0.717) is 11.8 Å². The molecule has 1 aromatic heterocycles.